The van der Waals surface area contributed by atoms with E-state index in [1.807, 2.05) is 0 Å². The molecule has 2 rings (SSSR count). The quantitative estimate of drug-likeness (QED) is 0.818. The van der Waals surface area contributed by atoms with Gasteiger partial charge in [-0.1, -0.05) is 27.5 Å². The van der Waals surface area contributed by atoms with Crippen molar-refractivity contribution in [3.05, 3.63) is 60.5 Å². The molecule has 0 atom stereocenters. The highest BCUT2D eigenvalue weighted by atomic mass is 79.9. The van der Waals surface area contributed by atoms with Crippen LogP contribution in [0.2, 0.25) is 5.15 Å². The van der Waals surface area contributed by atoms with E-state index >= 15 is 0 Å². The Bertz CT molecular complexity index is 664. The summed E-state index contributed by atoms with van der Waals surface area (Å²) in [6.07, 6.45) is 0. The third kappa shape index (κ3) is 2.32. The Hall–Kier alpha value is -1.40. The van der Waals surface area contributed by atoms with Crippen LogP contribution in [0.15, 0.2) is 38.3 Å². The molecule has 0 unspecified atom stereocenters. The molecule has 0 radical (unpaired) electrons. The summed E-state index contributed by atoms with van der Waals surface area (Å²) in [4.78, 5) is 25.3. The SMILES string of the molecule is O=c1cc(Cl)[nH]c(=O)n1-c1ccc(Br)cc1F. The fraction of sp³-hybridized carbons (Fsp3) is 0. The topological polar surface area (TPSA) is 54.9 Å². The van der Waals surface area contributed by atoms with Gasteiger partial charge in [0.05, 0.1) is 5.69 Å². The molecular weight excluding hydrogens is 314 g/mol. The summed E-state index contributed by atoms with van der Waals surface area (Å²) in [5.74, 6) is -0.686. The molecule has 2 aromatic rings. The van der Waals surface area contributed by atoms with E-state index in [1.165, 1.54) is 12.1 Å². The van der Waals surface area contributed by atoms with Gasteiger partial charge in [0.2, 0.25) is 0 Å². The van der Waals surface area contributed by atoms with E-state index in [9.17, 15) is 14.0 Å². The lowest BCUT2D eigenvalue weighted by molar-refractivity contribution is 0.611. The van der Waals surface area contributed by atoms with Crippen molar-refractivity contribution in [1.82, 2.24) is 9.55 Å². The van der Waals surface area contributed by atoms with Gasteiger partial charge >= 0.3 is 5.69 Å². The van der Waals surface area contributed by atoms with Crippen LogP contribution >= 0.6 is 27.5 Å². The molecule has 0 amide bonds. The Morgan fingerprint density at radius 1 is 1.29 bits per heavy atom. The second-order valence-corrected chi connectivity index (χ2v) is 4.51. The van der Waals surface area contributed by atoms with Crippen molar-refractivity contribution in [3.63, 3.8) is 0 Å². The Morgan fingerprint density at radius 2 is 2.00 bits per heavy atom. The van der Waals surface area contributed by atoms with Crippen LogP contribution in [0.1, 0.15) is 0 Å². The largest absolute Gasteiger partial charge is 0.334 e. The smallest absolute Gasteiger partial charge is 0.297 e. The van der Waals surface area contributed by atoms with Crippen molar-refractivity contribution in [1.29, 1.82) is 0 Å². The molecule has 1 heterocycles. The van der Waals surface area contributed by atoms with Crippen molar-refractivity contribution < 1.29 is 4.39 Å². The lowest BCUT2D eigenvalue weighted by atomic mass is 10.3. The molecule has 1 N–H and O–H groups in total. The Kier molecular flexibility index (Phi) is 3.17. The first-order chi connectivity index (χ1) is 7.99. The Morgan fingerprint density at radius 3 is 2.59 bits per heavy atom. The molecule has 0 fully saturated rings. The third-order valence-corrected chi connectivity index (χ3v) is 2.75. The molecule has 1 aromatic heterocycles. The van der Waals surface area contributed by atoms with Gasteiger partial charge < -0.3 is 0 Å². The molecule has 4 nitrogen and oxygen atoms in total. The fourth-order valence-electron chi connectivity index (χ4n) is 1.36. The van der Waals surface area contributed by atoms with E-state index in [2.05, 4.69) is 20.9 Å². The van der Waals surface area contributed by atoms with Gasteiger partial charge in [-0.3, -0.25) is 9.78 Å². The van der Waals surface area contributed by atoms with E-state index in [0.717, 1.165) is 12.1 Å². The summed E-state index contributed by atoms with van der Waals surface area (Å²) < 4.78 is 14.8. The lowest BCUT2D eigenvalue weighted by Crippen LogP contribution is -2.33. The maximum Gasteiger partial charge on any atom is 0.334 e. The molecule has 0 spiro atoms. The first kappa shape index (κ1) is 12.1. The molecule has 88 valence electrons. The molecule has 0 aliphatic heterocycles. The van der Waals surface area contributed by atoms with Crippen LogP contribution in [0.25, 0.3) is 5.69 Å². The van der Waals surface area contributed by atoms with Crippen molar-refractivity contribution in [3.8, 4) is 5.69 Å². The lowest BCUT2D eigenvalue weighted by Gasteiger charge is -2.05. The number of halogens is 3. The standard InChI is InChI=1S/C10H5BrClFN2O2/c11-5-1-2-7(6(13)3-5)15-9(16)4-8(12)14-10(15)17/h1-4H,(H,14,17). The fourth-order valence-corrected chi connectivity index (χ4v) is 1.87. The maximum atomic E-state index is 13.6. The van der Waals surface area contributed by atoms with E-state index < -0.39 is 17.1 Å². The van der Waals surface area contributed by atoms with Gasteiger partial charge in [-0.25, -0.2) is 13.8 Å². The maximum absolute atomic E-state index is 13.6. The molecule has 0 aliphatic rings. The highest BCUT2D eigenvalue weighted by Gasteiger charge is 2.10. The number of rotatable bonds is 1. The predicted molar refractivity (Wildman–Crippen MR) is 65.3 cm³/mol. The zero-order valence-electron chi connectivity index (χ0n) is 8.21. The number of hydrogen-bond acceptors (Lipinski definition) is 2. The summed E-state index contributed by atoms with van der Waals surface area (Å²) in [5, 5.41) is -0.0891. The Labute approximate surface area is 108 Å². The van der Waals surface area contributed by atoms with Gasteiger partial charge in [0, 0.05) is 10.5 Å². The minimum Gasteiger partial charge on any atom is -0.297 e. The minimum atomic E-state index is -0.788. The summed E-state index contributed by atoms with van der Waals surface area (Å²) in [5.41, 5.74) is -1.61. The molecule has 1 aromatic carbocycles. The minimum absolute atomic E-state index is 0.0891. The van der Waals surface area contributed by atoms with E-state index in [4.69, 9.17) is 11.6 Å². The number of hydrogen-bond donors (Lipinski definition) is 1. The zero-order valence-corrected chi connectivity index (χ0v) is 10.5. The normalized spacial score (nSPS) is 10.5. The molecule has 7 heteroatoms. The summed E-state index contributed by atoms with van der Waals surface area (Å²) in [6.45, 7) is 0. The number of H-pyrrole nitrogens is 1. The van der Waals surface area contributed by atoms with Gasteiger partial charge in [0.25, 0.3) is 5.56 Å². The van der Waals surface area contributed by atoms with Crippen LogP contribution in [0, 0.1) is 5.82 Å². The average Bonchev–Trinajstić information content (AvgIpc) is 2.19. The monoisotopic (exact) mass is 318 g/mol. The van der Waals surface area contributed by atoms with Crippen LogP contribution in [0.4, 0.5) is 4.39 Å². The van der Waals surface area contributed by atoms with E-state index in [1.54, 1.807) is 0 Å². The number of nitrogens with zero attached hydrogens (tertiary/aromatic N) is 1. The summed E-state index contributed by atoms with van der Waals surface area (Å²) in [7, 11) is 0. The predicted octanol–water partition coefficient (Wildman–Crippen LogP) is 2.08. The highest BCUT2D eigenvalue weighted by molar-refractivity contribution is 9.10. The number of benzene rings is 1. The molecule has 17 heavy (non-hydrogen) atoms. The van der Waals surface area contributed by atoms with Gasteiger partial charge in [0.1, 0.15) is 11.0 Å². The molecular formula is C10H5BrClFN2O2. The Balaban J connectivity index is 2.78. The van der Waals surface area contributed by atoms with Crippen LogP contribution < -0.4 is 11.2 Å². The summed E-state index contributed by atoms with van der Waals surface area (Å²) in [6, 6.07) is 5.02. The van der Waals surface area contributed by atoms with Crippen molar-refractivity contribution in [2.45, 2.75) is 0 Å². The average molecular weight is 320 g/mol. The van der Waals surface area contributed by atoms with Gasteiger partial charge in [0.15, 0.2) is 0 Å². The van der Waals surface area contributed by atoms with Crippen molar-refractivity contribution in [2.75, 3.05) is 0 Å². The van der Waals surface area contributed by atoms with Gasteiger partial charge in [-0.2, -0.15) is 0 Å². The van der Waals surface area contributed by atoms with Crippen molar-refractivity contribution >= 4 is 27.5 Å². The number of aromatic nitrogens is 2. The third-order valence-electron chi connectivity index (χ3n) is 2.05. The van der Waals surface area contributed by atoms with Crippen LogP contribution in [0.5, 0.6) is 0 Å². The van der Waals surface area contributed by atoms with E-state index in [-0.39, 0.29) is 10.8 Å². The second-order valence-electron chi connectivity index (χ2n) is 3.19. The van der Waals surface area contributed by atoms with Crippen LogP contribution in [-0.2, 0) is 0 Å². The first-order valence-corrected chi connectivity index (χ1v) is 5.63. The van der Waals surface area contributed by atoms with E-state index in [0.29, 0.717) is 9.04 Å². The number of aromatic amines is 1. The molecule has 0 aliphatic carbocycles. The molecule has 0 saturated carbocycles. The van der Waals surface area contributed by atoms with Crippen LogP contribution in [0.3, 0.4) is 0 Å². The van der Waals surface area contributed by atoms with Gasteiger partial charge in [-0.05, 0) is 18.2 Å². The second kappa shape index (κ2) is 4.46. The van der Waals surface area contributed by atoms with Gasteiger partial charge in [-0.15, -0.1) is 0 Å². The first-order valence-electron chi connectivity index (χ1n) is 4.46. The van der Waals surface area contributed by atoms with Crippen molar-refractivity contribution in [2.24, 2.45) is 0 Å². The molecule has 0 saturated heterocycles. The van der Waals surface area contributed by atoms with Crippen LogP contribution in [-0.4, -0.2) is 9.55 Å². The molecule has 0 bridgehead atoms. The zero-order chi connectivity index (χ0) is 12.6. The number of nitrogens with one attached hydrogen (secondary N) is 1. The highest BCUT2D eigenvalue weighted by Crippen LogP contribution is 2.16. The summed E-state index contributed by atoms with van der Waals surface area (Å²) >= 11 is 8.59.